The molecule has 0 bridgehead atoms. The highest BCUT2D eigenvalue weighted by Crippen LogP contribution is 2.22. The highest BCUT2D eigenvalue weighted by Gasteiger charge is 2.07. The lowest BCUT2D eigenvalue weighted by Crippen LogP contribution is -2.15. The fourth-order valence-corrected chi connectivity index (χ4v) is 2.83. The zero-order valence-electron chi connectivity index (χ0n) is 11.4. The van der Waals surface area contributed by atoms with E-state index in [1.165, 1.54) is 11.8 Å². The first-order valence-corrected chi connectivity index (χ1v) is 8.08. The van der Waals surface area contributed by atoms with Gasteiger partial charge in [0.25, 0.3) is 0 Å². The van der Waals surface area contributed by atoms with E-state index in [0.717, 1.165) is 26.2 Å². The van der Waals surface area contributed by atoms with Crippen LogP contribution in [0.2, 0.25) is 0 Å². The molecule has 2 aromatic carbocycles. The van der Waals surface area contributed by atoms with Crippen molar-refractivity contribution in [3.63, 3.8) is 0 Å². The topological polar surface area (TPSA) is 29.1 Å². The summed E-state index contributed by atoms with van der Waals surface area (Å²) >= 11 is 4.93. The van der Waals surface area contributed by atoms with Gasteiger partial charge in [0.2, 0.25) is 5.91 Å². The largest absolute Gasteiger partial charge is 0.325 e. The van der Waals surface area contributed by atoms with Crippen LogP contribution in [0.25, 0.3) is 0 Å². The molecule has 0 fully saturated rings. The molecule has 4 heteroatoms. The van der Waals surface area contributed by atoms with Crippen molar-refractivity contribution in [2.45, 2.75) is 18.7 Å². The molecule has 0 aliphatic rings. The molecule has 1 amide bonds. The first-order chi connectivity index (χ1) is 9.56. The Labute approximate surface area is 132 Å². The molecular weight excluding hydrogens is 334 g/mol. The maximum absolute atomic E-state index is 12.0. The van der Waals surface area contributed by atoms with E-state index < -0.39 is 0 Å². The third-order valence-electron chi connectivity index (χ3n) is 2.93. The molecule has 0 aliphatic heterocycles. The smallest absolute Gasteiger partial charge is 0.234 e. The molecule has 20 heavy (non-hydrogen) atoms. The highest BCUT2D eigenvalue weighted by molar-refractivity contribution is 9.10. The summed E-state index contributed by atoms with van der Waals surface area (Å²) in [6, 6.07) is 14.0. The van der Waals surface area contributed by atoms with Crippen molar-refractivity contribution >= 4 is 39.3 Å². The molecule has 0 atom stereocenters. The maximum atomic E-state index is 12.0. The van der Waals surface area contributed by atoms with Gasteiger partial charge >= 0.3 is 0 Å². The number of nitrogens with one attached hydrogen (secondary N) is 1. The van der Waals surface area contributed by atoms with E-state index in [2.05, 4.69) is 21.2 Å². The van der Waals surface area contributed by atoms with Crippen molar-refractivity contribution in [2.24, 2.45) is 0 Å². The SMILES string of the molecule is Cc1cccc(C)c1NC(=O)CSc1ccc(Br)cc1. The number of hydrogen-bond acceptors (Lipinski definition) is 2. The summed E-state index contributed by atoms with van der Waals surface area (Å²) in [6.45, 7) is 4.01. The molecule has 0 heterocycles. The van der Waals surface area contributed by atoms with E-state index >= 15 is 0 Å². The molecule has 1 N–H and O–H groups in total. The van der Waals surface area contributed by atoms with Crippen LogP contribution in [-0.4, -0.2) is 11.7 Å². The van der Waals surface area contributed by atoms with E-state index in [4.69, 9.17) is 0 Å². The van der Waals surface area contributed by atoms with Gasteiger partial charge in [0.15, 0.2) is 0 Å². The van der Waals surface area contributed by atoms with Crippen molar-refractivity contribution in [2.75, 3.05) is 11.1 Å². The predicted molar refractivity (Wildman–Crippen MR) is 89.4 cm³/mol. The predicted octanol–water partition coefficient (Wildman–Crippen LogP) is 4.80. The lowest BCUT2D eigenvalue weighted by atomic mass is 10.1. The van der Waals surface area contributed by atoms with Gasteiger partial charge in [-0.3, -0.25) is 4.79 Å². The number of carbonyl (C=O) groups excluding carboxylic acids is 1. The fraction of sp³-hybridized carbons (Fsp3) is 0.188. The number of amides is 1. The second kappa shape index (κ2) is 6.95. The van der Waals surface area contributed by atoms with Gasteiger partial charge in [-0.1, -0.05) is 34.1 Å². The Bertz CT molecular complexity index is 590. The molecule has 2 aromatic rings. The summed E-state index contributed by atoms with van der Waals surface area (Å²) in [4.78, 5) is 13.1. The molecule has 0 unspecified atom stereocenters. The molecule has 2 rings (SSSR count). The van der Waals surface area contributed by atoms with Gasteiger partial charge in [-0.05, 0) is 49.2 Å². The average Bonchev–Trinajstić information content (AvgIpc) is 2.42. The average molecular weight is 350 g/mol. The lowest BCUT2D eigenvalue weighted by molar-refractivity contribution is -0.113. The van der Waals surface area contributed by atoms with Crippen LogP contribution < -0.4 is 5.32 Å². The Morgan fingerprint density at radius 3 is 2.30 bits per heavy atom. The second-order valence-electron chi connectivity index (χ2n) is 4.56. The Balaban J connectivity index is 1.94. The summed E-state index contributed by atoms with van der Waals surface area (Å²) in [6.07, 6.45) is 0. The van der Waals surface area contributed by atoms with Crippen LogP contribution in [0.1, 0.15) is 11.1 Å². The van der Waals surface area contributed by atoms with E-state index in [9.17, 15) is 4.79 Å². The van der Waals surface area contributed by atoms with Crippen molar-refractivity contribution < 1.29 is 4.79 Å². The van der Waals surface area contributed by atoms with Crippen molar-refractivity contribution in [3.8, 4) is 0 Å². The molecular formula is C16H16BrNOS. The number of rotatable bonds is 4. The van der Waals surface area contributed by atoms with E-state index in [1.54, 1.807) is 0 Å². The molecule has 0 aliphatic carbocycles. The number of benzene rings is 2. The van der Waals surface area contributed by atoms with Crippen LogP contribution in [0.5, 0.6) is 0 Å². The Kier molecular flexibility index (Phi) is 5.26. The van der Waals surface area contributed by atoms with E-state index in [0.29, 0.717) is 5.75 Å². The summed E-state index contributed by atoms with van der Waals surface area (Å²) in [7, 11) is 0. The minimum atomic E-state index is 0.0234. The third kappa shape index (κ3) is 4.12. The summed E-state index contributed by atoms with van der Waals surface area (Å²) in [5.41, 5.74) is 3.10. The van der Waals surface area contributed by atoms with Crippen LogP contribution in [0, 0.1) is 13.8 Å². The Morgan fingerprint density at radius 1 is 1.10 bits per heavy atom. The Morgan fingerprint density at radius 2 is 1.70 bits per heavy atom. The van der Waals surface area contributed by atoms with Crippen LogP contribution in [0.4, 0.5) is 5.69 Å². The summed E-state index contributed by atoms with van der Waals surface area (Å²) in [5.74, 6) is 0.436. The number of para-hydroxylation sites is 1. The summed E-state index contributed by atoms with van der Waals surface area (Å²) in [5, 5.41) is 2.99. The van der Waals surface area contributed by atoms with Gasteiger partial charge in [0.05, 0.1) is 5.75 Å². The zero-order valence-corrected chi connectivity index (χ0v) is 13.8. The normalized spacial score (nSPS) is 10.3. The number of thioether (sulfide) groups is 1. The van der Waals surface area contributed by atoms with Crippen LogP contribution in [-0.2, 0) is 4.79 Å². The van der Waals surface area contributed by atoms with Crippen molar-refractivity contribution in [1.82, 2.24) is 0 Å². The number of hydrogen-bond donors (Lipinski definition) is 1. The van der Waals surface area contributed by atoms with Gasteiger partial charge in [-0.15, -0.1) is 11.8 Å². The zero-order chi connectivity index (χ0) is 14.5. The van der Waals surface area contributed by atoms with Crippen molar-refractivity contribution in [3.05, 3.63) is 58.1 Å². The first-order valence-electron chi connectivity index (χ1n) is 6.30. The van der Waals surface area contributed by atoms with Gasteiger partial charge in [-0.25, -0.2) is 0 Å². The van der Waals surface area contributed by atoms with Crippen LogP contribution in [0.3, 0.4) is 0 Å². The maximum Gasteiger partial charge on any atom is 0.234 e. The second-order valence-corrected chi connectivity index (χ2v) is 6.52. The first kappa shape index (κ1) is 15.1. The summed E-state index contributed by atoms with van der Waals surface area (Å²) < 4.78 is 1.04. The molecule has 104 valence electrons. The molecule has 0 spiro atoms. The quantitative estimate of drug-likeness (QED) is 0.803. The van der Waals surface area contributed by atoms with Gasteiger partial charge in [0, 0.05) is 15.1 Å². The number of carbonyl (C=O) groups is 1. The minimum absolute atomic E-state index is 0.0234. The van der Waals surface area contributed by atoms with Gasteiger partial charge in [0.1, 0.15) is 0 Å². The molecule has 0 aromatic heterocycles. The highest BCUT2D eigenvalue weighted by atomic mass is 79.9. The lowest BCUT2D eigenvalue weighted by Gasteiger charge is -2.11. The molecule has 0 saturated heterocycles. The molecule has 0 saturated carbocycles. The van der Waals surface area contributed by atoms with Crippen LogP contribution >= 0.6 is 27.7 Å². The van der Waals surface area contributed by atoms with Gasteiger partial charge < -0.3 is 5.32 Å². The van der Waals surface area contributed by atoms with Crippen molar-refractivity contribution in [1.29, 1.82) is 0 Å². The number of anilines is 1. The number of aryl methyl sites for hydroxylation is 2. The monoisotopic (exact) mass is 349 g/mol. The molecule has 0 radical (unpaired) electrons. The van der Waals surface area contributed by atoms with E-state index in [1.807, 2.05) is 56.3 Å². The third-order valence-corrected chi connectivity index (χ3v) is 4.47. The number of halogens is 1. The minimum Gasteiger partial charge on any atom is -0.325 e. The standard InChI is InChI=1S/C16H16BrNOS/c1-11-4-3-5-12(2)16(11)18-15(19)10-20-14-8-6-13(17)7-9-14/h3-9H,10H2,1-2H3,(H,18,19). The fourth-order valence-electron chi connectivity index (χ4n) is 1.87. The van der Waals surface area contributed by atoms with Crippen LogP contribution in [0.15, 0.2) is 51.8 Å². The molecule has 2 nitrogen and oxygen atoms in total. The Hall–Kier alpha value is -1.26. The van der Waals surface area contributed by atoms with Gasteiger partial charge in [-0.2, -0.15) is 0 Å². The van der Waals surface area contributed by atoms with E-state index in [-0.39, 0.29) is 5.91 Å².